The molecule has 0 saturated carbocycles. The second-order valence-corrected chi connectivity index (χ2v) is 4.07. The van der Waals surface area contributed by atoms with Gasteiger partial charge in [-0.3, -0.25) is 4.79 Å². The van der Waals surface area contributed by atoms with Crippen molar-refractivity contribution in [1.82, 2.24) is 5.32 Å². The molecule has 1 aliphatic rings. The fraction of sp³-hybridized carbons (Fsp3) is 0.462. The summed E-state index contributed by atoms with van der Waals surface area (Å²) in [6, 6.07) is 9.54. The number of hydrogen-bond donors (Lipinski definition) is 1. The summed E-state index contributed by atoms with van der Waals surface area (Å²) in [7, 11) is 0. The Kier molecular flexibility index (Phi) is 3.98. The first-order chi connectivity index (χ1) is 8.29. The molecule has 1 N–H and O–H groups in total. The SMILES string of the molecule is CCC(Oc1ccccc1)C(=O)NC1COC1. The van der Waals surface area contributed by atoms with E-state index < -0.39 is 6.10 Å². The molecule has 0 radical (unpaired) electrons. The van der Waals surface area contributed by atoms with Crippen molar-refractivity contribution in [2.75, 3.05) is 13.2 Å². The number of ether oxygens (including phenoxy) is 2. The van der Waals surface area contributed by atoms with Gasteiger partial charge in [-0.05, 0) is 18.6 Å². The van der Waals surface area contributed by atoms with Gasteiger partial charge in [0.25, 0.3) is 5.91 Å². The summed E-state index contributed by atoms with van der Waals surface area (Å²) in [6.07, 6.45) is 0.215. The van der Waals surface area contributed by atoms with Crippen LogP contribution in [0.1, 0.15) is 13.3 Å². The van der Waals surface area contributed by atoms with Gasteiger partial charge in [-0.25, -0.2) is 0 Å². The van der Waals surface area contributed by atoms with E-state index in [1.54, 1.807) is 0 Å². The van der Waals surface area contributed by atoms with Crippen LogP contribution in [0.15, 0.2) is 30.3 Å². The predicted octanol–water partition coefficient (Wildman–Crippen LogP) is 1.36. The van der Waals surface area contributed by atoms with Crippen molar-refractivity contribution in [3.05, 3.63) is 30.3 Å². The molecule has 92 valence electrons. The fourth-order valence-electron chi connectivity index (χ4n) is 1.60. The van der Waals surface area contributed by atoms with E-state index >= 15 is 0 Å². The molecule has 0 spiro atoms. The van der Waals surface area contributed by atoms with E-state index in [-0.39, 0.29) is 11.9 Å². The van der Waals surface area contributed by atoms with Crippen LogP contribution >= 0.6 is 0 Å². The molecule has 0 aliphatic carbocycles. The maximum absolute atomic E-state index is 11.9. The smallest absolute Gasteiger partial charge is 0.261 e. The maximum Gasteiger partial charge on any atom is 0.261 e. The minimum Gasteiger partial charge on any atom is -0.481 e. The van der Waals surface area contributed by atoms with E-state index in [0.717, 1.165) is 5.75 Å². The molecule has 1 heterocycles. The summed E-state index contributed by atoms with van der Waals surface area (Å²) in [5.74, 6) is 0.656. The molecular formula is C13H17NO3. The number of rotatable bonds is 5. The van der Waals surface area contributed by atoms with Crippen LogP contribution in [0.5, 0.6) is 5.75 Å². The van der Waals surface area contributed by atoms with Gasteiger partial charge < -0.3 is 14.8 Å². The third-order valence-electron chi connectivity index (χ3n) is 2.67. The molecule has 1 aromatic carbocycles. The van der Waals surface area contributed by atoms with Crippen molar-refractivity contribution in [3.63, 3.8) is 0 Å². The molecule has 1 aliphatic heterocycles. The summed E-state index contributed by atoms with van der Waals surface area (Å²) in [6.45, 7) is 3.14. The third kappa shape index (κ3) is 3.20. The number of para-hydroxylation sites is 1. The van der Waals surface area contributed by atoms with Gasteiger partial charge in [0.1, 0.15) is 5.75 Å². The molecule has 1 amide bonds. The van der Waals surface area contributed by atoms with Crippen molar-refractivity contribution in [2.45, 2.75) is 25.5 Å². The number of carbonyl (C=O) groups is 1. The molecule has 4 heteroatoms. The third-order valence-corrected chi connectivity index (χ3v) is 2.67. The molecule has 1 aromatic rings. The quantitative estimate of drug-likeness (QED) is 0.838. The van der Waals surface area contributed by atoms with E-state index in [1.165, 1.54) is 0 Å². The van der Waals surface area contributed by atoms with Crippen LogP contribution in [-0.2, 0) is 9.53 Å². The minimum atomic E-state index is -0.432. The number of amides is 1. The highest BCUT2D eigenvalue weighted by atomic mass is 16.5. The van der Waals surface area contributed by atoms with E-state index in [1.807, 2.05) is 37.3 Å². The number of hydrogen-bond acceptors (Lipinski definition) is 3. The average Bonchev–Trinajstić information content (AvgIpc) is 2.32. The lowest BCUT2D eigenvalue weighted by Gasteiger charge is -2.28. The van der Waals surface area contributed by atoms with Crippen LogP contribution < -0.4 is 10.1 Å². The van der Waals surface area contributed by atoms with Gasteiger partial charge >= 0.3 is 0 Å². The van der Waals surface area contributed by atoms with Crippen LogP contribution in [0.25, 0.3) is 0 Å². The monoisotopic (exact) mass is 235 g/mol. The Balaban J connectivity index is 1.89. The van der Waals surface area contributed by atoms with Crippen molar-refractivity contribution in [3.8, 4) is 5.75 Å². The molecule has 1 saturated heterocycles. The van der Waals surface area contributed by atoms with Crippen molar-refractivity contribution >= 4 is 5.91 Å². The number of nitrogens with one attached hydrogen (secondary N) is 1. The highest BCUT2D eigenvalue weighted by Gasteiger charge is 2.25. The Morgan fingerprint density at radius 2 is 2.18 bits per heavy atom. The van der Waals surface area contributed by atoms with Crippen LogP contribution in [-0.4, -0.2) is 31.3 Å². The van der Waals surface area contributed by atoms with E-state index in [4.69, 9.17) is 9.47 Å². The molecule has 1 fully saturated rings. The molecule has 1 atom stereocenters. The molecule has 1 unspecified atom stereocenters. The molecule has 0 bridgehead atoms. The molecule has 0 aromatic heterocycles. The number of carbonyl (C=O) groups excluding carboxylic acids is 1. The van der Waals surface area contributed by atoms with Gasteiger partial charge in [0.2, 0.25) is 0 Å². The largest absolute Gasteiger partial charge is 0.481 e. The van der Waals surface area contributed by atoms with Crippen LogP contribution in [0, 0.1) is 0 Å². The summed E-state index contributed by atoms with van der Waals surface area (Å²) in [5, 5.41) is 2.90. The Bertz CT molecular complexity index is 362. The zero-order chi connectivity index (χ0) is 12.1. The zero-order valence-electron chi connectivity index (χ0n) is 9.89. The average molecular weight is 235 g/mol. The lowest BCUT2D eigenvalue weighted by atomic mass is 10.2. The Labute approximate surface area is 101 Å². The van der Waals surface area contributed by atoms with Gasteiger partial charge in [0.15, 0.2) is 6.10 Å². The Morgan fingerprint density at radius 1 is 1.47 bits per heavy atom. The summed E-state index contributed by atoms with van der Waals surface area (Å²) >= 11 is 0. The second-order valence-electron chi connectivity index (χ2n) is 4.07. The van der Waals surface area contributed by atoms with E-state index in [9.17, 15) is 4.79 Å². The lowest BCUT2D eigenvalue weighted by Crippen LogP contribution is -2.52. The van der Waals surface area contributed by atoms with Gasteiger partial charge in [0.05, 0.1) is 19.3 Å². The van der Waals surface area contributed by atoms with Crippen LogP contribution in [0.4, 0.5) is 0 Å². The number of benzene rings is 1. The molecule has 17 heavy (non-hydrogen) atoms. The van der Waals surface area contributed by atoms with Gasteiger partial charge in [-0.1, -0.05) is 25.1 Å². The van der Waals surface area contributed by atoms with E-state index in [0.29, 0.717) is 19.6 Å². The van der Waals surface area contributed by atoms with Crippen molar-refractivity contribution in [2.24, 2.45) is 0 Å². The first kappa shape index (κ1) is 11.9. The van der Waals surface area contributed by atoms with Crippen molar-refractivity contribution in [1.29, 1.82) is 0 Å². The summed E-state index contributed by atoms with van der Waals surface area (Å²) < 4.78 is 10.7. The standard InChI is InChI=1S/C13H17NO3/c1-2-12(13(15)14-10-8-16-9-10)17-11-6-4-3-5-7-11/h3-7,10,12H,2,8-9H2,1H3,(H,14,15). The summed E-state index contributed by atoms with van der Waals surface area (Å²) in [5.41, 5.74) is 0. The van der Waals surface area contributed by atoms with Crippen LogP contribution in [0.3, 0.4) is 0 Å². The van der Waals surface area contributed by atoms with Crippen molar-refractivity contribution < 1.29 is 14.3 Å². The second kappa shape index (κ2) is 5.68. The normalized spacial score (nSPS) is 17.0. The van der Waals surface area contributed by atoms with Gasteiger partial charge in [-0.2, -0.15) is 0 Å². The summed E-state index contributed by atoms with van der Waals surface area (Å²) in [4.78, 5) is 11.9. The van der Waals surface area contributed by atoms with Gasteiger partial charge in [-0.15, -0.1) is 0 Å². The Hall–Kier alpha value is -1.55. The highest BCUT2D eigenvalue weighted by molar-refractivity contribution is 5.81. The lowest BCUT2D eigenvalue weighted by molar-refractivity contribution is -0.132. The van der Waals surface area contributed by atoms with E-state index in [2.05, 4.69) is 5.32 Å². The predicted molar refractivity (Wildman–Crippen MR) is 63.9 cm³/mol. The Morgan fingerprint density at radius 3 is 2.71 bits per heavy atom. The minimum absolute atomic E-state index is 0.0651. The fourth-order valence-corrected chi connectivity index (χ4v) is 1.60. The van der Waals surface area contributed by atoms with Gasteiger partial charge in [0, 0.05) is 0 Å². The topological polar surface area (TPSA) is 47.6 Å². The molecule has 2 rings (SSSR count). The van der Waals surface area contributed by atoms with Crippen LogP contribution in [0.2, 0.25) is 0 Å². The highest BCUT2D eigenvalue weighted by Crippen LogP contribution is 2.13. The maximum atomic E-state index is 11.9. The first-order valence-corrected chi connectivity index (χ1v) is 5.89. The molecule has 4 nitrogen and oxygen atoms in total. The zero-order valence-corrected chi connectivity index (χ0v) is 9.89. The molecular weight excluding hydrogens is 218 g/mol. The first-order valence-electron chi connectivity index (χ1n) is 5.89.